The summed E-state index contributed by atoms with van der Waals surface area (Å²) in [7, 11) is 3.19. The third-order valence-corrected chi connectivity index (χ3v) is 3.58. The average molecular weight is 379 g/mol. The van der Waals surface area contributed by atoms with Crippen molar-refractivity contribution in [3.05, 3.63) is 48.0 Å². The fourth-order valence-electron chi connectivity index (χ4n) is 2.38. The summed E-state index contributed by atoms with van der Waals surface area (Å²) in [5.41, 5.74) is 1.33. The number of nitrogens with one attached hydrogen (secondary N) is 2. The first-order valence-electron chi connectivity index (χ1n) is 8.38. The molecule has 0 amide bonds. The molecule has 0 heterocycles. The zero-order chi connectivity index (χ0) is 19.6. The monoisotopic (exact) mass is 379 g/mol. The Hall–Kier alpha value is -3.03. The van der Waals surface area contributed by atoms with E-state index in [1.807, 2.05) is 13.0 Å². The van der Waals surface area contributed by atoms with E-state index in [4.69, 9.17) is 9.47 Å². The SMILES string of the molecule is CCOc1cc(NC(=NC)NCc2ccccc2OC(F)F)ccc1OC. The maximum atomic E-state index is 12.5. The molecule has 0 bridgehead atoms. The molecule has 8 heteroatoms. The molecule has 0 spiro atoms. The van der Waals surface area contributed by atoms with Crippen LogP contribution in [0.25, 0.3) is 0 Å². The standard InChI is InChI=1S/C19H23F2N3O3/c1-4-26-17-11-14(9-10-16(17)25-3)24-19(22-2)23-12-13-7-5-6-8-15(13)27-18(20)21/h5-11,18H,4,12H2,1-3H3,(H2,22,23,24). The molecule has 27 heavy (non-hydrogen) atoms. The summed E-state index contributed by atoms with van der Waals surface area (Å²) in [5, 5.41) is 6.19. The molecule has 0 radical (unpaired) electrons. The molecule has 0 saturated carbocycles. The van der Waals surface area contributed by atoms with Gasteiger partial charge in [0.25, 0.3) is 0 Å². The van der Waals surface area contributed by atoms with Crippen LogP contribution in [0.3, 0.4) is 0 Å². The number of para-hydroxylation sites is 1. The normalized spacial score (nSPS) is 11.3. The van der Waals surface area contributed by atoms with Gasteiger partial charge >= 0.3 is 6.61 Å². The number of nitrogens with zero attached hydrogens (tertiary/aromatic N) is 1. The molecule has 0 saturated heterocycles. The molecule has 0 atom stereocenters. The van der Waals surface area contributed by atoms with Crippen molar-refractivity contribution in [2.75, 3.05) is 26.1 Å². The largest absolute Gasteiger partial charge is 0.493 e. The van der Waals surface area contributed by atoms with Gasteiger partial charge < -0.3 is 24.8 Å². The Kier molecular flexibility index (Phi) is 7.66. The van der Waals surface area contributed by atoms with Crippen molar-refractivity contribution >= 4 is 11.6 Å². The minimum absolute atomic E-state index is 0.124. The second-order valence-electron chi connectivity index (χ2n) is 5.34. The quantitative estimate of drug-likeness (QED) is 0.538. The number of halogens is 2. The number of hydrogen-bond donors (Lipinski definition) is 2. The van der Waals surface area contributed by atoms with Crippen molar-refractivity contribution in [2.24, 2.45) is 4.99 Å². The second kappa shape index (κ2) is 10.2. The molecule has 2 aromatic carbocycles. The summed E-state index contributed by atoms with van der Waals surface area (Å²) >= 11 is 0. The fraction of sp³-hybridized carbons (Fsp3) is 0.316. The molecule has 2 N–H and O–H groups in total. The van der Waals surface area contributed by atoms with E-state index in [2.05, 4.69) is 20.4 Å². The van der Waals surface area contributed by atoms with Crippen LogP contribution in [0.5, 0.6) is 17.2 Å². The molecule has 0 aliphatic carbocycles. The molecular formula is C19H23F2N3O3. The highest BCUT2D eigenvalue weighted by molar-refractivity contribution is 5.93. The highest BCUT2D eigenvalue weighted by Crippen LogP contribution is 2.30. The second-order valence-corrected chi connectivity index (χ2v) is 5.34. The number of alkyl halides is 2. The van der Waals surface area contributed by atoms with Gasteiger partial charge in [-0.05, 0) is 25.1 Å². The number of guanidine groups is 1. The van der Waals surface area contributed by atoms with Crippen LogP contribution in [-0.2, 0) is 6.54 Å². The third kappa shape index (κ3) is 6.02. The first-order valence-corrected chi connectivity index (χ1v) is 8.38. The molecule has 146 valence electrons. The van der Waals surface area contributed by atoms with Crippen molar-refractivity contribution in [3.8, 4) is 17.2 Å². The average Bonchev–Trinajstić information content (AvgIpc) is 2.66. The van der Waals surface area contributed by atoms with Crippen LogP contribution in [0.2, 0.25) is 0 Å². The van der Waals surface area contributed by atoms with Crippen molar-refractivity contribution in [2.45, 2.75) is 20.1 Å². The van der Waals surface area contributed by atoms with Gasteiger partial charge in [-0.3, -0.25) is 4.99 Å². The number of benzene rings is 2. The molecule has 6 nitrogen and oxygen atoms in total. The molecule has 2 rings (SSSR count). The Morgan fingerprint density at radius 1 is 1.11 bits per heavy atom. The lowest BCUT2D eigenvalue weighted by atomic mass is 10.2. The van der Waals surface area contributed by atoms with Crippen LogP contribution in [0.1, 0.15) is 12.5 Å². The highest BCUT2D eigenvalue weighted by atomic mass is 19.3. The van der Waals surface area contributed by atoms with E-state index in [0.29, 0.717) is 29.6 Å². The van der Waals surface area contributed by atoms with E-state index in [-0.39, 0.29) is 12.3 Å². The Labute approximate surface area is 157 Å². The molecule has 0 unspecified atom stereocenters. The van der Waals surface area contributed by atoms with E-state index >= 15 is 0 Å². The van der Waals surface area contributed by atoms with Crippen molar-refractivity contribution in [1.29, 1.82) is 0 Å². The lowest BCUT2D eigenvalue weighted by molar-refractivity contribution is -0.0504. The summed E-state index contributed by atoms with van der Waals surface area (Å²) in [6.07, 6.45) is 0. The van der Waals surface area contributed by atoms with Gasteiger partial charge in [0.15, 0.2) is 17.5 Å². The van der Waals surface area contributed by atoms with Gasteiger partial charge in [-0.25, -0.2) is 0 Å². The first-order chi connectivity index (χ1) is 13.1. The van der Waals surface area contributed by atoms with Gasteiger partial charge in [-0.2, -0.15) is 8.78 Å². The van der Waals surface area contributed by atoms with E-state index < -0.39 is 6.61 Å². The summed E-state index contributed by atoms with van der Waals surface area (Å²) < 4.78 is 40.4. The lowest BCUT2D eigenvalue weighted by Gasteiger charge is -2.16. The highest BCUT2D eigenvalue weighted by Gasteiger charge is 2.10. The maximum absolute atomic E-state index is 12.5. The third-order valence-electron chi connectivity index (χ3n) is 3.58. The molecule has 2 aromatic rings. The number of anilines is 1. The summed E-state index contributed by atoms with van der Waals surface area (Å²) in [6, 6.07) is 12.0. The van der Waals surface area contributed by atoms with E-state index in [9.17, 15) is 8.78 Å². The van der Waals surface area contributed by atoms with Crippen molar-refractivity contribution < 1.29 is 23.0 Å². The van der Waals surface area contributed by atoms with Gasteiger partial charge in [0, 0.05) is 30.9 Å². The van der Waals surface area contributed by atoms with Crippen LogP contribution in [-0.4, -0.2) is 33.3 Å². The van der Waals surface area contributed by atoms with Crippen LogP contribution >= 0.6 is 0 Å². The molecule has 0 aromatic heterocycles. The van der Waals surface area contributed by atoms with E-state index in [1.165, 1.54) is 6.07 Å². The number of methoxy groups -OCH3 is 1. The predicted molar refractivity (Wildman–Crippen MR) is 101 cm³/mol. The van der Waals surface area contributed by atoms with Crippen molar-refractivity contribution in [1.82, 2.24) is 5.32 Å². The van der Waals surface area contributed by atoms with Gasteiger partial charge in [0.1, 0.15) is 5.75 Å². The van der Waals surface area contributed by atoms with Crippen LogP contribution in [0, 0.1) is 0 Å². The number of hydrogen-bond acceptors (Lipinski definition) is 4. The van der Waals surface area contributed by atoms with Crippen molar-refractivity contribution in [3.63, 3.8) is 0 Å². The molecule has 0 aliphatic heterocycles. The van der Waals surface area contributed by atoms with E-state index in [1.54, 1.807) is 44.5 Å². The lowest BCUT2D eigenvalue weighted by Crippen LogP contribution is -2.30. The van der Waals surface area contributed by atoms with Gasteiger partial charge in [0.2, 0.25) is 0 Å². The van der Waals surface area contributed by atoms with Gasteiger partial charge in [-0.15, -0.1) is 0 Å². The fourth-order valence-corrected chi connectivity index (χ4v) is 2.38. The van der Waals surface area contributed by atoms with Gasteiger partial charge in [-0.1, -0.05) is 18.2 Å². The summed E-state index contributed by atoms with van der Waals surface area (Å²) in [6.45, 7) is -0.219. The summed E-state index contributed by atoms with van der Waals surface area (Å²) in [5.74, 6) is 1.83. The number of aliphatic imine (C=N–C) groups is 1. The Morgan fingerprint density at radius 2 is 1.89 bits per heavy atom. The number of rotatable bonds is 8. The van der Waals surface area contributed by atoms with E-state index in [0.717, 1.165) is 5.69 Å². The Bertz CT molecular complexity index is 770. The molecular weight excluding hydrogens is 356 g/mol. The Balaban J connectivity index is 2.06. The molecule has 0 aliphatic rings. The Morgan fingerprint density at radius 3 is 2.56 bits per heavy atom. The maximum Gasteiger partial charge on any atom is 0.387 e. The van der Waals surface area contributed by atoms with Crippen LogP contribution in [0.15, 0.2) is 47.5 Å². The summed E-state index contributed by atoms with van der Waals surface area (Å²) in [4.78, 5) is 4.14. The molecule has 0 fully saturated rings. The zero-order valence-corrected chi connectivity index (χ0v) is 15.5. The zero-order valence-electron chi connectivity index (χ0n) is 15.5. The van der Waals surface area contributed by atoms with Gasteiger partial charge in [0.05, 0.1) is 13.7 Å². The predicted octanol–water partition coefficient (Wildman–Crippen LogP) is 3.88. The van der Waals surface area contributed by atoms with Crippen LogP contribution in [0.4, 0.5) is 14.5 Å². The minimum atomic E-state index is -2.88. The topological polar surface area (TPSA) is 64.1 Å². The minimum Gasteiger partial charge on any atom is -0.493 e. The smallest absolute Gasteiger partial charge is 0.387 e. The van der Waals surface area contributed by atoms with Crippen LogP contribution < -0.4 is 24.8 Å². The first kappa shape index (κ1) is 20.3. The number of ether oxygens (including phenoxy) is 3.